The van der Waals surface area contributed by atoms with E-state index in [4.69, 9.17) is 4.18 Å². The van der Waals surface area contributed by atoms with Crippen molar-refractivity contribution in [3.8, 4) is 0 Å². The van der Waals surface area contributed by atoms with Crippen LogP contribution in [0.4, 0.5) is 22.0 Å². The number of benzene rings is 1. The van der Waals surface area contributed by atoms with E-state index >= 15 is 0 Å². The van der Waals surface area contributed by atoms with Gasteiger partial charge in [0, 0.05) is 6.42 Å². The monoisotopic (exact) mass is 374 g/mol. The zero-order valence-corrected chi connectivity index (χ0v) is 13.9. The van der Waals surface area contributed by atoms with Gasteiger partial charge < -0.3 is 0 Å². The summed E-state index contributed by atoms with van der Waals surface area (Å²) < 4.78 is 89.6. The number of hydrogen-bond acceptors (Lipinski definition) is 3. The summed E-state index contributed by atoms with van der Waals surface area (Å²) in [5.74, 6) is -4.68. The largest absolute Gasteiger partial charge is 0.453 e. The fraction of sp³-hybridized carbons (Fsp3) is 0.600. The molecule has 0 aliphatic carbocycles. The van der Waals surface area contributed by atoms with E-state index in [2.05, 4.69) is 0 Å². The third-order valence-electron chi connectivity index (χ3n) is 3.35. The van der Waals surface area contributed by atoms with E-state index in [0.29, 0.717) is 6.42 Å². The molecule has 0 heterocycles. The van der Waals surface area contributed by atoms with E-state index in [0.717, 1.165) is 5.56 Å². The third-order valence-corrected chi connectivity index (χ3v) is 4.67. The van der Waals surface area contributed by atoms with Crippen LogP contribution in [0.15, 0.2) is 29.2 Å². The summed E-state index contributed by atoms with van der Waals surface area (Å²) in [7, 11) is -3.88. The molecule has 0 radical (unpaired) electrons. The second-order valence-corrected chi connectivity index (χ2v) is 7.07. The molecule has 0 atom stereocenters. The first-order chi connectivity index (χ1) is 11.0. The standard InChI is InChI=1S/C15H19F5O3S/c1-12-6-8-13(9-7-12)24(21,22)23-11-5-3-2-4-10-14(16,17)15(18,19)20/h6-9H,2-5,10-11H2,1H3. The molecule has 0 N–H and O–H groups in total. The molecule has 0 aliphatic rings. The summed E-state index contributed by atoms with van der Waals surface area (Å²) in [4.78, 5) is 0.0120. The molecular weight excluding hydrogens is 355 g/mol. The fourth-order valence-corrected chi connectivity index (χ4v) is 2.83. The van der Waals surface area contributed by atoms with Gasteiger partial charge in [-0.3, -0.25) is 4.18 Å². The Kier molecular flexibility index (Phi) is 7.15. The summed E-state index contributed by atoms with van der Waals surface area (Å²) in [6.07, 6.45) is -6.39. The molecule has 0 saturated heterocycles. The predicted octanol–water partition coefficient (Wildman–Crippen LogP) is 4.85. The summed E-state index contributed by atoms with van der Waals surface area (Å²) in [6.45, 7) is 1.66. The quantitative estimate of drug-likeness (QED) is 0.353. The van der Waals surface area contributed by atoms with Gasteiger partial charge >= 0.3 is 12.1 Å². The molecule has 0 spiro atoms. The smallest absolute Gasteiger partial charge is 0.266 e. The fourth-order valence-electron chi connectivity index (χ4n) is 1.89. The molecule has 0 fully saturated rings. The minimum absolute atomic E-state index is 0.0120. The second-order valence-electron chi connectivity index (χ2n) is 5.46. The first-order valence-electron chi connectivity index (χ1n) is 7.36. The summed E-state index contributed by atoms with van der Waals surface area (Å²) in [5, 5.41) is 0. The summed E-state index contributed by atoms with van der Waals surface area (Å²) in [5.41, 5.74) is 0.893. The highest BCUT2D eigenvalue weighted by molar-refractivity contribution is 7.86. The van der Waals surface area contributed by atoms with E-state index in [1.165, 1.54) is 12.1 Å². The first kappa shape index (κ1) is 20.8. The lowest BCUT2D eigenvalue weighted by atomic mass is 10.1. The van der Waals surface area contributed by atoms with Gasteiger partial charge in [-0.05, 0) is 31.9 Å². The Labute approximate surface area is 137 Å². The minimum Gasteiger partial charge on any atom is -0.266 e. The van der Waals surface area contributed by atoms with Crippen molar-refractivity contribution in [2.24, 2.45) is 0 Å². The van der Waals surface area contributed by atoms with E-state index in [1.54, 1.807) is 19.1 Å². The Morgan fingerprint density at radius 3 is 2.00 bits per heavy atom. The third kappa shape index (κ3) is 6.35. The molecule has 1 aromatic rings. The number of halogens is 5. The van der Waals surface area contributed by atoms with Gasteiger partial charge in [0.15, 0.2) is 0 Å². The van der Waals surface area contributed by atoms with Crippen LogP contribution >= 0.6 is 0 Å². The Morgan fingerprint density at radius 1 is 0.917 bits per heavy atom. The van der Waals surface area contributed by atoms with Gasteiger partial charge in [0.1, 0.15) is 0 Å². The molecule has 0 unspecified atom stereocenters. The van der Waals surface area contributed by atoms with Gasteiger partial charge in [-0.1, -0.05) is 30.5 Å². The lowest BCUT2D eigenvalue weighted by molar-refractivity contribution is -0.284. The van der Waals surface area contributed by atoms with E-state index < -0.39 is 28.6 Å². The minimum atomic E-state index is -5.53. The molecule has 1 aromatic carbocycles. The van der Waals surface area contributed by atoms with Crippen LogP contribution in [-0.4, -0.2) is 27.1 Å². The highest BCUT2D eigenvalue weighted by atomic mass is 32.2. The van der Waals surface area contributed by atoms with Gasteiger partial charge in [0.2, 0.25) is 0 Å². The van der Waals surface area contributed by atoms with Crippen molar-refractivity contribution in [3.05, 3.63) is 29.8 Å². The highest BCUT2D eigenvalue weighted by Crippen LogP contribution is 2.39. The summed E-state index contributed by atoms with van der Waals surface area (Å²) in [6, 6.07) is 6.06. The molecule has 3 nitrogen and oxygen atoms in total. The van der Waals surface area contributed by atoms with Crippen LogP contribution in [0.25, 0.3) is 0 Å². The average Bonchev–Trinajstić information content (AvgIpc) is 2.45. The number of aryl methyl sites for hydroxylation is 1. The van der Waals surface area contributed by atoms with Crippen molar-refractivity contribution in [1.82, 2.24) is 0 Å². The van der Waals surface area contributed by atoms with Crippen molar-refractivity contribution in [2.45, 2.75) is 56.0 Å². The van der Waals surface area contributed by atoms with Crippen molar-refractivity contribution >= 4 is 10.1 Å². The van der Waals surface area contributed by atoms with Crippen LogP contribution in [0.1, 0.15) is 37.7 Å². The van der Waals surface area contributed by atoms with Gasteiger partial charge in [-0.15, -0.1) is 0 Å². The highest BCUT2D eigenvalue weighted by Gasteiger charge is 2.56. The van der Waals surface area contributed by atoms with Gasteiger partial charge in [-0.25, -0.2) is 0 Å². The number of unbranched alkanes of at least 4 members (excludes halogenated alkanes) is 3. The zero-order valence-electron chi connectivity index (χ0n) is 13.1. The normalized spacial score (nSPS) is 13.2. The molecule has 0 saturated carbocycles. The molecule has 9 heteroatoms. The molecule has 0 aromatic heterocycles. The maximum Gasteiger partial charge on any atom is 0.453 e. The van der Waals surface area contributed by atoms with Crippen LogP contribution < -0.4 is 0 Å². The van der Waals surface area contributed by atoms with Crippen LogP contribution in [0.5, 0.6) is 0 Å². The van der Waals surface area contributed by atoms with Crippen LogP contribution in [-0.2, 0) is 14.3 Å². The van der Waals surface area contributed by atoms with Gasteiger partial charge in [-0.2, -0.15) is 30.4 Å². The van der Waals surface area contributed by atoms with Crippen LogP contribution in [0.2, 0.25) is 0 Å². The van der Waals surface area contributed by atoms with Gasteiger partial charge in [0.25, 0.3) is 10.1 Å². The lowest BCUT2D eigenvalue weighted by Gasteiger charge is -2.19. The summed E-state index contributed by atoms with van der Waals surface area (Å²) >= 11 is 0. The predicted molar refractivity (Wildman–Crippen MR) is 78.4 cm³/mol. The van der Waals surface area contributed by atoms with Crippen molar-refractivity contribution in [2.75, 3.05) is 6.61 Å². The molecular formula is C15H19F5O3S. The van der Waals surface area contributed by atoms with Crippen LogP contribution in [0, 0.1) is 6.92 Å². The molecule has 138 valence electrons. The van der Waals surface area contributed by atoms with Crippen LogP contribution in [0.3, 0.4) is 0 Å². The molecule has 0 aliphatic heterocycles. The Bertz CT molecular complexity index is 609. The SMILES string of the molecule is Cc1ccc(S(=O)(=O)OCCCCCCC(F)(F)C(F)(F)F)cc1. The van der Waals surface area contributed by atoms with E-state index in [-0.39, 0.29) is 30.8 Å². The van der Waals surface area contributed by atoms with Crippen molar-refractivity contribution in [1.29, 1.82) is 0 Å². The Balaban J connectivity index is 2.26. The lowest BCUT2D eigenvalue weighted by Crippen LogP contribution is -2.36. The average molecular weight is 374 g/mol. The molecule has 1 rings (SSSR count). The zero-order chi connectivity index (χ0) is 18.4. The van der Waals surface area contributed by atoms with Gasteiger partial charge in [0.05, 0.1) is 11.5 Å². The second kappa shape index (κ2) is 8.24. The Morgan fingerprint density at radius 2 is 1.46 bits per heavy atom. The number of hydrogen-bond donors (Lipinski definition) is 0. The van der Waals surface area contributed by atoms with Crippen molar-refractivity contribution in [3.63, 3.8) is 0 Å². The molecule has 0 bridgehead atoms. The topological polar surface area (TPSA) is 43.4 Å². The maximum absolute atomic E-state index is 12.6. The Hall–Kier alpha value is -1.22. The molecule has 0 amide bonds. The van der Waals surface area contributed by atoms with Crippen molar-refractivity contribution < 1.29 is 34.6 Å². The van der Waals surface area contributed by atoms with E-state index in [1.807, 2.05) is 0 Å². The maximum atomic E-state index is 12.6. The van der Waals surface area contributed by atoms with E-state index in [9.17, 15) is 30.4 Å². The number of alkyl halides is 5. The molecule has 24 heavy (non-hydrogen) atoms. The number of rotatable bonds is 9. The first-order valence-corrected chi connectivity index (χ1v) is 8.77.